The second kappa shape index (κ2) is 34.8. The molecule has 25 nitrogen and oxygen atoms in total. The van der Waals surface area contributed by atoms with Crippen molar-refractivity contribution < 1.29 is 58.5 Å². The normalized spacial score (nSPS) is 12.3. The number of anilines is 1. The van der Waals surface area contributed by atoms with E-state index in [9.17, 15) is 53.4 Å². The zero-order valence-electron chi connectivity index (χ0n) is 40.7. The summed E-state index contributed by atoms with van der Waals surface area (Å²) in [4.78, 5) is 112. The molecule has 0 aliphatic heterocycles. The lowest BCUT2D eigenvalue weighted by Crippen LogP contribution is -2.51. The Balaban J connectivity index is 1.97. The molecular weight excluding hydrogens is 1040 g/mol. The molecule has 0 aliphatic carbocycles. The SMILES string of the molecule is NC(=O)CNCCN(CCN(CC(N)=O)C(CNCC(N)=O)Cc1ccc(NC(=S)NCCCCC(=O)N(CCCC[C@@H](NC(=O)N[C@H](CCC(=O)O)C(=O)O)C(=O)O)Cc2ccc(Br)cc2)cc1)CC(N)=O. The zero-order valence-corrected chi connectivity index (χ0v) is 43.1. The van der Waals surface area contributed by atoms with E-state index in [0.29, 0.717) is 88.7 Å². The summed E-state index contributed by atoms with van der Waals surface area (Å²) in [5.41, 5.74) is 24.2. The summed E-state index contributed by atoms with van der Waals surface area (Å²) in [6, 6.07) is 10.6. The van der Waals surface area contributed by atoms with Gasteiger partial charge in [0.1, 0.15) is 12.1 Å². The van der Waals surface area contributed by atoms with E-state index in [1.165, 1.54) is 0 Å². The largest absolute Gasteiger partial charge is 0.481 e. The molecule has 7 amide bonds. The van der Waals surface area contributed by atoms with Crippen molar-refractivity contribution in [3.8, 4) is 0 Å². The Morgan fingerprint density at radius 2 is 1.23 bits per heavy atom. The number of hydrogen-bond acceptors (Lipinski definition) is 14. The molecule has 3 atom stereocenters. The molecule has 0 heterocycles. The highest BCUT2D eigenvalue weighted by atomic mass is 79.9. The lowest BCUT2D eigenvalue weighted by Gasteiger charge is -2.33. The first-order chi connectivity index (χ1) is 34.6. The summed E-state index contributed by atoms with van der Waals surface area (Å²) in [5, 5.41) is 44.8. The summed E-state index contributed by atoms with van der Waals surface area (Å²) < 4.78 is 0.867. The monoisotopic (exact) mass is 1110 g/mol. The van der Waals surface area contributed by atoms with Crippen molar-refractivity contribution in [2.75, 3.05) is 77.3 Å². The minimum atomic E-state index is -1.53. The van der Waals surface area contributed by atoms with Crippen molar-refractivity contribution >= 4 is 92.4 Å². The van der Waals surface area contributed by atoms with E-state index >= 15 is 0 Å². The maximum atomic E-state index is 13.5. The molecule has 73 heavy (non-hydrogen) atoms. The van der Waals surface area contributed by atoms with Gasteiger partial charge in [-0.2, -0.15) is 0 Å². The molecule has 0 saturated carbocycles. The van der Waals surface area contributed by atoms with Crippen molar-refractivity contribution in [1.29, 1.82) is 0 Å². The smallest absolute Gasteiger partial charge is 0.326 e. The first-order valence-corrected chi connectivity index (χ1v) is 24.7. The van der Waals surface area contributed by atoms with Crippen LogP contribution in [0.2, 0.25) is 0 Å². The number of aliphatic carboxylic acids is 3. The van der Waals surface area contributed by atoms with Crippen LogP contribution in [0, 0.1) is 0 Å². The maximum Gasteiger partial charge on any atom is 0.326 e. The average molecular weight is 1110 g/mol. The molecule has 17 N–H and O–H groups in total. The summed E-state index contributed by atoms with van der Waals surface area (Å²) >= 11 is 8.95. The summed E-state index contributed by atoms with van der Waals surface area (Å²) in [6.07, 6.45) is 1.57. The van der Waals surface area contributed by atoms with Gasteiger partial charge in [-0.1, -0.05) is 40.2 Å². The molecule has 2 aromatic carbocycles. The van der Waals surface area contributed by atoms with E-state index < -0.39 is 66.1 Å². The van der Waals surface area contributed by atoms with Gasteiger partial charge in [-0.25, -0.2) is 14.4 Å². The van der Waals surface area contributed by atoms with Gasteiger partial charge in [-0.05, 0) is 92.6 Å². The Kier molecular flexibility index (Phi) is 29.8. The first-order valence-electron chi connectivity index (χ1n) is 23.5. The number of carbonyl (C=O) groups is 9. The summed E-state index contributed by atoms with van der Waals surface area (Å²) in [7, 11) is 0. The predicted octanol–water partition coefficient (Wildman–Crippen LogP) is -1.19. The number of rotatable bonds is 39. The van der Waals surface area contributed by atoms with E-state index in [4.69, 9.17) is 40.3 Å². The van der Waals surface area contributed by atoms with Crippen molar-refractivity contribution in [1.82, 2.24) is 41.3 Å². The van der Waals surface area contributed by atoms with Gasteiger partial charge in [0.2, 0.25) is 29.5 Å². The Bertz CT molecular complexity index is 2140. The fraction of sp³-hybridized carbons (Fsp3) is 0.522. The molecule has 1 unspecified atom stereocenters. The second-order valence-electron chi connectivity index (χ2n) is 17.1. The minimum absolute atomic E-state index is 0.0156. The molecule has 0 bridgehead atoms. The highest BCUT2D eigenvalue weighted by Gasteiger charge is 2.26. The number of primary amides is 4. The fourth-order valence-corrected chi connectivity index (χ4v) is 7.80. The van der Waals surface area contributed by atoms with Crippen LogP contribution in [0.4, 0.5) is 10.5 Å². The molecule has 2 rings (SSSR count). The molecular formula is C46H70BrN13O12S. The number of carboxylic acid groups (broad SMARTS) is 3. The van der Waals surface area contributed by atoms with Gasteiger partial charge in [-0.3, -0.25) is 38.6 Å². The van der Waals surface area contributed by atoms with Gasteiger partial charge in [0, 0.05) is 81.4 Å². The molecule has 0 saturated heterocycles. The van der Waals surface area contributed by atoms with Crippen LogP contribution in [0.25, 0.3) is 0 Å². The highest BCUT2D eigenvalue weighted by molar-refractivity contribution is 9.10. The van der Waals surface area contributed by atoms with Crippen LogP contribution < -0.4 is 54.8 Å². The molecule has 404 valence electrons. The first kappa shape index (κ1) is 62.6. The third-order valence-electron chi connectivity index (χ3n) is 11.0. The number of amides is 7. The van der Waals surface area contributed by atoms with E-state index in [0.717, 1.165) is 15.6 Å². The number of hydrogen-bond donors (Lipinski definition) is 13. The molecule has 0 aromatic heterocycles. The molecule has 0 fully saturated rings. The molecule has 0 spiro atoms. The number of carboxylic acids is 3. The van der Waals surface area contributed by atoms with Gasteiger partial charge in [0.25, 0.3) is 0 Å². The minimum Gasteiger partial charge on any atom is -0.481 e. The lowest BCUT2D eigenvalue weighted by atomic mass is 10.0. The number of unbranched alkanes of at least 4 members (excludes halogenated alkanes) is 2. The lowest BCUT2D eigenvalue weighted by molar-refractivity contribution is -0.141. The standard InChI is InChI=1S/C46H70BrN13O12S/c47-32-11-7-31(8-12-32)27-60(19-4-2-5-35(43(68)69)56-45(72)57-36(44(70)71)15-16-42(66)67)41(65)6-1-3-17-54-46(73)55-33-13-9-30(10-14-33)23-34(24-53-26-38(49)62)59(29-40(51)64)22-21-58(28-39(50)63)20-18-52-25-37(48)61/h7-14,34-36,52-53H,1-6,15-29H2,(H2,48,61)(H2,49,62)(H2,50,63)(H2,51,64)(H,66,67)(H,68,69)(H,70,71)(H2,54,55,73)(H2,56,57,72)/t34?,35-,36-/m1/s1. The number of urea groups is 1. The van der Waals surface area contributed by atoms with Crippen LogP contribution >= 0.6 is 28.1 Å². The van der Waals surface area contributed by atoms with Crippen molar-refractivity contribution in [2.24, 2.45) is 22.9 Å². The summed E-state index contributed by atoms with van der Waals surface area (Å²) in [6.45, 7) is 2.35. The quantitative estimate of drug-likeness (QED) is 0.0276. The van der Waals surface area contributed by atoms with Crippen LogP contribution in [0.5, 0.6) is 0 Å². The topological polar surface area (TPSA) is 400 Å². The summed E-state index contributed by atoms with van der Waals surface area (Å²) in [5.74, 6) is -6.39. The number of nitrogens with two attached hydrogens (primary N) is 4. The Morgan fingerprint density at radius 3 is 1.82 bits per heavy atom. The van der Waals surface area contributed by atoms with Gasteiger partial charge in [-0.15, -0.1) is 0 Å². The third-order valence-corrected chi connectivity index (χ3v) is 11.8. The molecule has 0 radical (unpaired) electrons. The predicted molar refractivity (Wildman–Crippen MR) is 277 cm³/mol. The number of thiocarbonyl (C=S) groups is 1. The molecule has 2 aromatic rings. The number of halogens is 1. The van der Waals surface area contributed by atoms with Gasteiger partial charge < -0.3 is 75.1 Å². The maximum absolute atomic E-state index is 13.5. The van der Waals surface area contributed by atoms with Crippen LogP contribution in [0.1, 0.15) is 62.5 Å². The van der Waals surface area contributed by atoms with E-state index in [2.05, 4.69) is 47.8 Å². The van der Waals surface area contributed by atoms with Crippen LogP contribution in [0.15, 0.2) is 53.0 Å². The Labute approximate surface area is 437 Å². The van der Waals surface area contributed by atoms with Gasteiger partial charge in [0.15, 0.2) is 5.11 Å². The zero-order chi connectivity index (χ0) is 54.3. The van der Waals surface area contributed by atoms with Gasteiger partial charge in [0.05, 0.1) is 26.2 Å². The fourth-order valence-electron chi connectivity index (χ4n) is 7.32. The highest BCUT2D eigenvalue weighted by Crippen LogP contribution is 2.17. The van der Waals surface area contributed by atoms with Crippen LogP contribution in [-0.4, -0.2) is 179 Å². The molecule has 27 heteroatoms. The number of nitrogens with zero attached hydrogens (tertiary/aromatic N) is 3. The van der Waals surface area contributed by atoms with E-state index in [1.807, 2.05) is 53.4 Å². The average Bonchev–Trinajstić information content (AvgIpc) is 3.30. The number of carbonyl (C=O) groups excluding carboxylic acids is 6. The van der Waals surface area contributed by atoms with Crippen molar-refractivity contribution in [2.45, 2.75) is 82.5 Å². The van der Waals surface area contributed by atoms with E-state index in [1.54, 1.807) is 9.80 Å². The number of benzene rings is 2. The van der Waals surface area contributed by atoms with Crippen molar-refractivity contribution in [3.05, 3.63) is 64.1 Å². The second-order valence-corrected chi connectivity index (χ2v) is 18.4. The van der Waals surface area contributed by atoms with Gasteiger partial charge >= 0.3 is 23.9 Å². The van der Waals surface area contributed by atoms with Crippen LogP contribution in [-0.2, 0) is 51.3 Å². The Hall–Kier alpha value is -6.52. The molecule has 0 aliphatic rings. The van der Waals surface area contributed by atoms with E-state index in [-0.39, 0.29) is 63.9 Å². The number of nitrogens with one attached hydrogen (secondary N) is 6. The van der Waals surface area contributed by atoms with Crippen LogP contribution in [0.3, 0.4) is 0 Å². The van der Waals surface area contributed by atoms with Crippen molar-refractivity contribution in [3.63, 3.8) is 0 Å². The third kappa shape index (κ3) is 28.9. The Morgan fingerprint density at radius 1 is 0.630 bits per heavy atom.